The summed E-state index contributed by atoms with van der Waals surface area (Å²) in [6.45, 7) is 0.683. The van der Waals surface area contributed by atoms with Gasteiger partial charge < -0.3 is 15.0 Å². The highest BCUT2D eigenvalue weighted by Gasteiger charge is 2.30. The quantitative estimate of drug-likeness (QED) is 0.660. The molecule has 0 spiro atoms. The largest absolute Gasteiger partial charge is 0.385 e. The van der Waals surface area contributed by atoms with E-state index < -0.39 is 28.3 Å². The molecule has 1 aromatic carbocycles. The molecule has 0 radical (unpaired) electrons. The van der Waals surface area contributed by atoms with Gasteiger partial charge in [-0.1, -0.05) is 0 Å². The first-order chi connectivity index (χ1) is 11.5. The number of nitro benzene ring substituents is 1. The predicted octanol–water partition coefficient (Wildman–Crippen LogP) is 2.55. The number of benzene rings is 1. The second kappa shape index (κ2) is 6.52. The Kier molecular flexibility index (Phi) is 4.43. The maximum atomic E-state index is 14.1. The number of imidazole rings is 1. The molecule has 3 rings (SSSR count). The number of hydrogen-bond acceptors (Lipinski definition) is 5. The fourth-order valence-electron chi connectivity index (χ4n) is 3.06. The van der Waals surface area contributed by atoms with Crippen LogP contribution in [0, 0.1) is 27.7 Å². The number of anilines is 1. The molecule has 0 bridgehead atoms. The summed E-state index contributed by atoms with van der Waals surface area (Å²) in [6, 6.07) is 1.45. The fraction of sp³-hybridized carbons (Fsp3) is 0.400. The van der Waals surface area contributed by atoms with Gasteiger partial charge in [0.25, 0.3) is 5.69 Å². The number of piperidine rings is 1. The molecule has 24 heavy (non-hydrogen) atoms. The van der Waals surface area contributed by atoms with Gasteiger partial charge in [0.05, 0.1) is 17.1 Å². The lowest BCUT2D eigenvalue weighted by Crippen LogP contribution is -2.37. The summed E-state index contributed by atoms with van der Waals surface area (Å²) in [5, 5.41) is 20.9. The highest BCUT2D eigenvalue weighted by molar-refractivity contribution is 5.54. The van der Waals surface area contributed by atoms with E-state index in [9.17, 15) is 24.0 Å². The van der Waals surface area contributed by atoms with E-state index in [1.807, 2.05) is 0 Å². The van der Waals surface area contributed by atoms with Crippen LogP contribution in [0.1, 0.15) is 24.8 Å². The SMILES string of the molecule is O=[N+]([O-])c1cc(F)c(N2CCC(C(O)c3ncc[nH]3)CC2)c(F)c1. The summed E-state index contributed by atoms with van der Waals surface area (Å²) >= 11 is 0. The van der Waals surface area contributed by atoms with Crippen LogP contribution < -0.4 is 4.90 Å². The zero-order valence-corrected chi connectivity index (χ0v) is 12.7. The molecule has 1 saturated heterocycles. The second-order valence-electron chi connectivity index (χ2n) is 5.76. The van der Waals surface area contributed by atoms with E-state index >= 15 is 0 Å². The predicted molar refractivity (Wildman–Crippen MR) is 81.5 cm³/mol. The number of halogens is 2. The van der Waals surface area contributed by atoms with Crippen molar-refractivity contribution in [3.63, 3.8) is 0 Å². The number of aromatic amines is 1. The minimum absolute atomic E-state index is 0.0726. The van der Waals surface area contributed by atoms with Crippen molar-refractivity contribution >= 4 is 11.4 Å². The van der Waals surface area contributed by atoms with Crippen molar-refractivity contribution in [2.24, 2.45) is 5.92 Å². The fourth-order valence-corrected chi connectivity index (χ4v) is 3.06. The molecule has 2 aromatic rings. The first kappa shape index (κ1) is 16.3. The Morgan fingerprint density at radius 2 is 1.96 bits per heavy atom. The number of nitrogens with one attached hydrogen (secondary N) is 1. The maximum Gasteiger partial charge on any atom is 0.275 e. The van der Waals surface area contributed by atoms with Gasteiger partial charge >= 0.3 is 0 Å². The average Bonchev–Trinajstić information content (AvgIpc) is 3.08. The van der Waals surface area contributed by atoms with Crippen LogP contribution in [0.5, 0.6) is 0 Å². The van der Waals surface area contributed by atoms with Gasteiger partial charge in [0, 0.05) is 25.5 Å². The highest BCUT2D eigenvalue weighted by atomic mass is 19.1. The number of aliphatic hydroxyl groups excluding tert-OH is 1. The molecule has 1 atom stereocenters. The lowest BCUT2D eigenvalue weighted by atomic mass is 9.90. The highest BCUT2D eigenvalue weighted by Crippen LogP contribution is 2.34. The molecule has 0 saturated carbocycles. The summed E-state index contributed by atoms with van der Waals surface area (Å²) in [6.07, 6.45) is 3.47. The topological polar surface area (TPSA) is 95.3 Å². The van der Waals surface area contributed by atoms with Gasteiger partial charge in [0.2, 0.25) is 0 Å². The van der Waals surface area contributed by atoms with Crippen LogP contribution in [0.25, 0.3) is 0 Å². The van der Waals surface area contributed by atoms with Crippen molar-refractivity contribution in [1.82, 2.24) is 9.97 Å². The second-order valence-corrected chi connectivity index (χ2v) is 5.76. The van der Waals surface area contributed by atoms with E-state index in [0.717, 1.165) is 12.1 Å². The Morgan fingerprint density at radius 1 is 1.33 bits per heavy atom. The minimum Gasteiger partial charge on any atom is -0.385 e. The lowest BCUT2D eigenvalue weighted by molar-refractivity contribution is -0.385. The Labute approximate surface area is 136 Å². The molecule has 1 aliphatic heterocycles. The summed E-state index contributed by atoms with van der Waals surface area (Å²) in [5.41, 5.74) is -0.872. The van der Waals surface area contributed by atoms with Gasteiger partial charge in [0.15, 0.2) is 11.6 Å². The Bertz CT molecular complexity index is 707. The smallest absolute Gasteiger partial charge is 0.275 e. The summed E-state index contributed by atoms with van der Waals surface area (Å²) in [5.74, 6) is -1.50. The molecule has 1 aromatic heterocycles. The van der Waals surface area contributed by atoms with Crippen LogP contribution in [0.2, 0.25) is 0 Å². The number of aliphatic hydroxyl groups is 1. The minimum atomic E-state index is -0.952. The third-order valence-corrected chi connectivity index (χ3v) is 4.31. The van der Waals surface area contributed by atoms with Crippen LogP contribution in [0.15, 0.2) is 24.5 Å². The molecule has 2 heterocycles. The number of non-ortho nitro benzene ring substituents is 1. The number of nitrogens with zero attached hydrogens (tertiary/aromatic N) is 3. The Morgan fingerprint density at radius 3 is 2.46 bits per heavy atom. The third-order valence-electron chi connectivity index (χ3n) is 4.31. The lowest BCUT2D eigenvalue weighted by Gasteiger charge is -2.35. The molecule has 1 unspecified atom stereocenters. The number of H-pyrrole nitrogens is 1. The van der Waals surface area contributed by atoms with E-state index in [4.69, 9.17) is 0 Å². The third kappa shape index (κ3) is 3.07. The van der Waals surface area contributed by atoms with Gasteiger partial charge in [-0.15, -0.1) is 0 Å². The number of aromatic nitrogens is 2. The molecular weight excluding hydrogens is 322 g/mol. The van der Waals surface area contributed by atoms with Gasteiger partial charge in [-0.25, -0.2) is 13.8 Å². The average molecular weight is 338 g/mol. The van der Waals surface area contributed by atoms with Crippen molar-refractivity contribution in [1.29, 1.82) is 0 Å². The van der Waals surface area contributed by atoms with Gasteiger partial charge in [-0.2, -0.15) is 0 Å². The molecule has 0 amide bonds. The first-order valence-electron chi connectivity index (χ1n) is 7.53. The van der Waals surface area contributed by atoms with Gasteiger partial charge in [-0.3, -0.25) is 10.1 Å². The van der Waals surface area contributed by atoms with Crippen molar-refractivity contribution in [2.75, 3.05) is 18.0 Å². The van der Waals surface area contributed by atoms with E-state index in [0.29, 0.717) is 31.8 Å². The molecule has 0 aliphatic carbocycles. The molecule has 1 aliphatic rings. The van der Waals surface area contributed by atoms with Crippen LogP contribution in [-0.2, 0) is 0 Å². The van der Waals surface area contributed by atoms with E-state index in [2.05, 4.69) is 9.97 Å². The van der Waals surface area contributed by atoms with Crippen LogP contribution in [0.4, 0.5) is 20.2 Å². The van der Waals surface area contributed by atoms with Gasteiger partial charge in [-0.05, 0) is 18.8 Å². The van der Waals surface area contributed by atoms with Crippen molar-refractivity contribution in [3.05, 3.63) is 52.1 Å². The van der Waals surface area contributed by atoms with Crippen molar-refractivity contribution < 1.29 is 18.8 Å². The van der Waals surface area contributed by atoms with E-state index in [1.54, 1.807) is 12.4 Å². The van der Waals surface area contributed by atoms with E-state index in [1.165, 1.54) is 4.90 Å². The number of rotatable bonds is 4. The summed E-state index contributed by atoms with van der Waals surface area (Å²) < 4.78 is 28.2. The van der Waals surface area contributed by atoms with Crippen LogP contribution in [-0.4, -0.2) is 33.1 Å². The molecule has 9 heteroatoms. The molecular formula is C15H16F2N4O3. The summed E-state index contributed by atoms with van der Waals surface area (Å²) in [4.78, 5) is 18.2. The van der Waals surface area contributed by atoms with Crippen LogP contribution >= 0.6 is 0 Å². The maximum absolute atomic E-state index is 14.1. The number of hydrogen-bond donors (Lipinski definition) is 2. The monoisotopic (exact) mass is 338 g/mol. The number of nitro groups is 1. The molecule has 7 nitrogen and oxygen atoms in total. The van der Waals surface area contributed by atoms with Crippen molar-refractivity contribution in [3.8, 4) is 0 Å². The normalized spacial score (nSPS) is 17.0. The molecule has 2 N–H and O–H groups in total. The van der Waals surface area contributed by atoms with Crippen LogP contribution in [0.3, 0.4) is 0 Å². The molecule has 128 valence electrons. The van der Waals surface area contributed by atoms with Crippen molar-refractivity contribution in [2.45, 2.75) is 18.9 Å². The Balaban J connectivity index is 1.72. The first-order valence-corrected chi connectivity index (χ1v) is 7.53. The zero-order valence-electron chi connectivity index (χ0n) is 12.7. The standard InChI is InChI=1S/C15H16F2N4O3/c16-11-7-10(21(23)24)8-12(17)13(11)20-5-1-9(2-6-20)14(22)15-18-3-4-19-15/h3-4,7-9,14,22H,1-2,5-6H2,(H,18,19). The zero-order chi connectivity index (χ0) is 17.3. The van der Waals surface area contributed by atoms with Gasteiger partial charge in [0.1, 0.15) is 17.6 Å². The summed E-state index contributed by atoms with van der Waals surface area (Å²) in [7, 11) is 0. The van der Waals surface area contributed by atoms with E-state index in [-0.39, 0.29) is 11.6 Å². The Hall–Kier alpha value is -2.55. The molecule has 1 fully saturated rings.